The fourth-order valence-corrected chi connectivity index (χ4v) is 2.26. The summed E-state index contributed by atoms with van der Waals surface area (Å²) in [4.78, 5) is 11.9. The number of nitrogens with zero attached hydrogens (tertiary/aromatic N) is 3. The maximum atomic E-state index is 11.0. The molecule has 1 heterocycles. The Morgan fingerprint density at radius 2 is 2.12 bits per heavy atom. The van der Waals surface area contributed by atoms with Crippen LogP contribution >= 0.6 is 11.3 Å². The van der Waals surface area contributed by atoms with Crippen LogP contribution in [0.4, 0.5) is 0 Å². The Labute approximate surface area is 97.8 Å². The summed E-state index contributed by atoms with van der Waals surface area (Å²) in [6.07, 6.45) is 0. The van der Waals surface area contributed by atoms with Crippen molar-refractivity contribution >= 4 is 23.0 Å². The van der Waals surface area contributed by atoms with Crippen LogP contribution in [0.2, 0.25) is 0 Å². The molecule has 16 heavy (non-hydrogen) atoms. The van der Waals surface area contributed by atoms with Crippen LogP contribution in [0, 0.1) is 6.92 Å². The molecule has 5 nitrogen and oxygen atoms in total. The summed E-state index contributed by atoms with van der Waals surface area (Å²) in [7, 11) is 0. The van der Waals surface area contributed by atoms with Crippen LogP contribution in [0.15, 0.2) is 10.2 Å². The van der Waals surface area contributed by atoms with Crippen molar-refractivity contribution in [2.45, 2.75) is 34.2 Å². The monoisotopic (exact) mass is 241 g/mol. The molecule has 0 radical (unpaired) electrons. The first-order chi connectivity index (χ1) is 7.47. The normalized spacial score (nSPS) is 11.6. The minimum absolute atomic E-state index is 0.324. The molecule has 0 aliphatic rings. The standard InChI is InChI=1S/C10H15N3O2S/c1-5-13-7(4)8(9(14)15)16-10(13)12-11-6(2)3/h5H2,1-4H3,(H,14,15). The molecule has 0 bridgehead atoms. The lowest BCUT2D eigenvalue weighted by molar-refractivity contribution is 0.0701. The van der Waals surface area contributed by atoms with Gasteiger partial charge in [0.25, 0.3) is 0 Å². The van der Waals surface area contributed by atoms with E-state index in [0.29, 0.717) is 16.2 Å². The summed E-state index contributed by atoms with van der Waals surface area (Å²) in [5.74, 6) is -0.914. The number of carboxylic acid groups (broad SMARTS) is 1. The highest BCUT2D eigenvalue weighted by Crippen LogP contribution is 2.11. The molecule has 1 aromatic heterocycles. The third kappa shape index (κ3) is 2.57. The Kier molecular flexibility index (Phi) is 4.00. The van der Waals surface area contributed by atoms with Crippen molar-refractivity contribution in [2.24, 2.45) is 10.2 Å². The lowest BCUT2D eigenvalue weighted by Crippen LogP contribution is -2.14. The summed E-state index contributed by atoms with van der Waals surface area (Å²) < 4.78 is 1.85. The van der Waals surface area contributed by atoms with Gasteiger partial charge in [-0.15, -0.1) is 5.10 Å². The molecule has 0 aliphatic carbocycles. The molecule has 0 aliphatic heterocycles. The topological polar surface area (TPSA) is 67.0 Å². The molecule has 1 aromatic rings. The number of rotatable bonds is 3. The van der Waals surface area contributed by atoms with Gasteiger partial charge < -0.3 is 9.67 Å². The van der Waals surface area contributed by atoms with Gasteiger partial charge in [0, 0.05) is 18.0 Å². The Balaban J connectivity index is 3.40. The van der Waals surface area contributed by atoms with Crippen molar-refractivity contribution in [2.75, 3.05) is 0 Å². The van der Waals surface area contributed by atoms with Crippen LogP contribution in [-0.4, -0.2) is 21.4 Å². The SMILES string of the molecule is CCn1c(C)c(C(=O)O)sc1=NN=C(C)C. The number of hydrogen-bond donors (Lipinski definition) is 1. The molecule has 1 N–H and O–H groups in total. The van der Waals surface area contributed by atoms with E-state index in [1.807, 2.05) is 25.3 Å². The second kappa shape index (κ2) is 5.07. The smallest absolute Gasteiger partial charge is 0.347 e. The van der Waals surface area contributed by atoms with Crippen LogP contribution < -0.4 is 4.80 Å². The second-order valence-corrected chi connectivity index (χ2v) is 4.47. The zero-order chi connectivity index (χ0) is 12.3. The summed E-state index contributed by atoms with van der Waals surface area (Å²) in [5.41, 5.74) is 1.56. The average molecular weight is 241 g/mol. The summed E-state index contributed by atoms with van der Waals surface area (Å²) >= 11 is 1.15. The number of aromatic nitrogens is 1. The maximum Gasteiger partial charge on any atom is 0.347 e. The first-order valence-electron chi connectivity index (χ1n) is 4.95. The van der Waals surface area contributed by atoms with Gasteiger partial charge in [-0.2, -0.15) is 5.10 Å². The van der Waals surface area contributed by atoms with Gasteiger partial charge in [-0.1, -0.05) is 11.3 Å². The summed E-state index contributed by atoms with van der Waals surface area (Å²) in [6, 6.07) is 0. The van der Waals surface area contributed by atoms with Crippen LogP contribution in [0.1, 0.15) is 36.1 Å². The van der Waals surface area contributed by atoms with Gasteiger partial charge in [0.05, 0.1) is 0 Å². The molecule has 0 spiro atoms. The highest BCUT2D eigenvalue weighted by Gasteiger charge is 2.14. The van der Waals surface area contributed by atoms with Gasteiger partial charge in [-0.05, 0) is 27.7 Å². The second-order valence-electron chi connectivity index (χ2n) is 3.50. The lowest BCUT2D eigenvalue weighted by Gasteiger charge is -1.99. The molecular weight excluding hydrogens is 226 g/mol. The fraction of sp³-hybridized carbons (Fsp3) is 0.500. The lowest BCUT2D eigenvalue weighted by atomic mass is 10.4. The Bertz CT molecular complexity index is 493. The minimum Gasteiger partial charge on any atom is -0.477 e. The van der Waals surface area contributed by atoms with E-state index in [4.69, 9.17) is 5.11 Å². The van der Waals surface area contributed by atoms with Crippen molar-refractivity contribution in [1.82, 2.24) is 4.57 Å². The summed E-state index contributed by atoms with van der Waals surface area (Å²) in [6.45, 7) is 8.11. The van der Waals surface area contributed by atoms with Crippen molar-refractivity contribution < 1.29 is 9.90 Å². The van der Waals surface area contributed by atoms with E-state index in [1.165, 1.54) is 0 Å². The van der Waals surface area contributed by atoms with Crippen molar-refractivity contribution in [3.63, 3.8) is 0 Å². The van der Waals surface area contributed by atoms with Gasteiger partial charge in [0.2, 0.25) is 4.80 Å². The largest absolute Gasteiger partial charge is 0.477 e. The predicted molar refractivity (Wildman–Crippen MR) is 64.0 cm³/mol. The molecule has 0 unspecified atom stereocenters. The molecule has 6 heteroatoms. The van der Waals surface area contributed by atoms with Crippen molar-refractivity contribution in [1.29, 1.82) is 0 Å². The highest BCUT2D eigenvalue weighted by atomic mass is 32.1. The Morgan fingerprint density at radius 1 is 1.50 bits per heavy atom. The quantitative estimate of drug-likeness (QED) is 0.648. The maximum absolute atomic E-state index is 11.0. The van der Waals surface area contributed by atoms with Crippen molar-refractivity contribution in [3.8, 4) is 0 Å². The highest BCUT2D eigenvalue weighted by molar-refractivity contribution is 7.11. The van der Waals surface area contributed by atoms with Gasteiger partial charge >= 0.3 is 5.97 Å². The Hall–Kier alpha value is -1.43. The molecule has 0 saturated heterocycles. The molecule has 0 atom stereocenters. The average Bonchev–Trinajstić information content (AvgIpc) is 2.51. The van der Waals surface area contributed by atoms with E-state index in [-0.39, 0.29) is 0 Å². The number of carbonyl (C=O) groups is 1. The molecule has 0 amide bonds. The molecule has 0 aromatic carbocycles. The van der Waals surface area contributed by atoms with E-state index in [0.717, 1.165) is 22.7 Å². The van der Waals surface area contributed by atoms with Crippen LogP contribution in [0.25, 0.3) is 0 Å². The number of hydrogen-bond acceptors (Lipinski definition) is 4. The molecular formula is C10H15N3O2S. The van der Waals surface area contributed by atoms with Gasteiger partial charge in [-0.25, -0.2) is 4.79 Å². The summed E-state index contributed by atoms with van der Waals surface area (Å²) in [5, 5.41) is 17.0. The Morgan fingerprint density at radius 3 is 2.56 bits per heavy atom. The number of aromatic carboxylic acids is 1. The van der Waals surface area contributed by atoms with Gasteiger partial charge in [-0.3, -0.25) is 0 Å². The van der Waals surface area contributed by atoms with E-state index in [1.54, 1.807) is 6.92 Å². The van der Waals surface area contributed by atoms with E-state index in [2.05, 4.69) is 10.2 Å². The minimum atomic E-state index is -0.914. The number of carboxylic acids is 1. The predicted octanol–water partition coefficient (Wildman–Crippen LogP) is 1.87. The van der Waals surface area contributed by atoms with Crippen LogP contribution in [-0.2, 0) is 6.54 Å². The van der Waals surface area contributed by atoms with Crippen molar-refractivity contribution in [3.05, 3.63) is 15.4 Å². The third-order valence-corrected chi connectivity index (χ3v) is 3.16. The van der Waals surface area contributed by atoms with Crippen LogP contribution in [0.5, 0.6) is 0 Å². The molecule has 1 rings (SSSR count). The molecule has 0 saturated carbocycles. The van der Waals surface area contributed by atoms with E-state index < -0.39 is 5.97 Å². The van der Waals surface area contributed by atoms with Gasteiger partial charge in [0.15, 0.2) is 0 Å². The molecule has 0 fully saturated rings. The fourth-order valence-electron chi connectivity index (χ4n) is 1.27. The zero-order valence-electron chi connectivity index (χ0n) is 9.81. The number of thiazole rings is 1. The van der Waals surface area contributed by atoms with E-state index >= 15 is 0 Å². The third-order valence-electron chi connectivity index (χ3n) is 2.00. The first-order valence-corrected chi connectivity index (χ1v) is 5.77. The van der Waals surface area contributed by atoms with Gasteiger partial charge in [0.1, 0.15) is 4.88 Å². The first kappa shape index (κ1) is 12.6. The van der Waals surface area contributed by atoms with Crippen LogP contribution in [0.3, 0.4) is 0 Å². The van der Waals surface area contributed by atoms with E-state index in [9.17, 15) is 4.79 Å². The zero-order valence-corrected chi connectivity index (χ0v) is 10.6. The molecule has 88 valence electrons.